The first kappa shape index (κ1) is 16.9. The molecular weight excluding hydrogens is 316 g/mol. The molecule has 0 N–H and O–H groups in total. The molecule has 0 spiro atoms. The molecule has 0 radical (unpaired) electrons. The highest BCUT2D eigenvalue weighted by atomic mass is 16.5. The number of fused-ring (bicyclic) bond motifs is 1. The molecule has 1 atom stereocenters. The molecule has 0 fully saturated rings. The van der Waals surface area contributed by atoms with Crippen molar-refractivity contribution in [3.05, 3.63) is 65.0 Å². The molecule has 0 aliphatic carbocycles. The largest absolute Gasteiger partial charge is 0.464 e. The maximum atomic E-state index is 12.2. The van der Waals surface area contributed by atoms with Gasteiger partial charge in [0.05, 0.1) is 12.3 Å². The van der Waals surface area contributed by atoms with Gasteiger partial charge in [-0.2, -0.15) is 5.10 Å². The third kappa shape index (κ3) is 3.45. The number of ether oxygens (including phenoxy) is 1. The lowest BCUT2D eigenvalue weighted by molar-refractivity contribution is -0.147. The molecule has 128 valence electrons. The van der Waals surface area contributed by atoms with Crippen LogP contribution >= 0.6 is 0 Å². The van der Waals surface area contributed by atoms with Crippen LogP contribution in [0.2, 0.25) is 0 Å². The molecule has 0 aliphatic rings. The molecule has 0 amide bonds. The van der Waals surface area contributed by atoms with Crippen LogP contribution in [0.4, 0.5) is 0 Å². The van der Waals surface area contributed by atoms with Crippen molar-refractivity contribution in [3.8, 4) is 11.3 Å². The fourth-order valence-electron chi connectivity index (χ4n) is 2.83. The third-order valence-corrected chi connectivity index (χ3v) is 4.11. The maximum absolute atomic E-state index is 12.2. The first-order valence-corrected chi connectivity index (χ1v) is 8.39. The standard InChI is InChI=1S/C20H20N2O3/c1-3-18(20(24)25-4-2)22-19(23)12-11-17(21-22)16-10-9-14-7-5-6-8-15(14)13-16/h5-13,18H,3-4H2,1-2H3/t18-/m1/s1. The smallest absolute Gasteiger partial charge is 0.331 e. The maximum Gasteiger partial charge on any atom is 0.331 e. The van der Waals surface area contributed by atoms with Crippen LogP contribution in [0.3, 0.4) is 0 Å². The van der Waals surface area contributed by atoms with Crippen LogP contribution in [0.1, 0.15) is 26.3 Å². The number of carbonyl (C=O) groups excluding carboxylic acids is 1. The first-order chi connectivity index (χ1) is 12.1. The topological polar surface area (TPSA) is 61.2 Å². The zero-order valence-corrected chi connectivity index (χ0v) is 14.3. The summed E-state index contributed by atoms with van der Waals surface area (Å²) in [6.07, 6.45) is 0.437. The number of nitrogens with zero attached hydrogens (tertiary/aromatic N) is 2. The predicted octanol–water partition coefficient (Wildman–Crippen LogP) is 3.58. The van der Waals surface area contributed by atoms with Gasteiger partial charge in [-0.05, 0) is 36.2 Å². The molecule has 0 bridgehead atoms. The van der Waals surface area contributed by atoms with Crippen molar-refractivity contribution in [2.24, 2.45) is 0 Å². The lowest BCUT2D eigenvalue weighted by atomic mass is 10.1. The molecule has 25 heavy (non-hydrogen) atoms. The van der Waals surface area contributed by atoms with Gasteiger partial charge in [0.1, 0.15) is 0 Å². The lowest BCUT2D eigenvalue weighted by Gasteiger charge is -2.16. The van der Waals surface area contributed by atoms with Crippen molar-refractivity contribution in [1.82, 2.24) is 9.78 Å². The highest BCUT2D eigenvalue weighted by Gasteiger charge is 2.22. The third-order valence-electron chi connectivity index (χ3n) is 4.11. The summed E-state index contributed by atoms with van der Waals surface area (Å²) < 4.78 is 6.29. The minimum Gasteiger partial charge on any atom is -0.464 e. The van der Waals surface area contributed by atoms with E-state index < -0.39 is 12.0 Å². The molecule has 1 heterocycles. The molecule has 5 heteroatoms. The average molecular weight is 336 g/mol. The van der Waals surface area contributed by atoms with E-state index in [1.807, 2.05) is 49.4 Å². The summed E-state index contributed by atoms with van der Waals surface area (Å²) >= 11 is 0. The SMILES string of the molecule is CCOC(=O)[C@@H](CC)n1nc(-c2ccc3ccccc3c2)ccc1=O. The van der Waals surface area contributed by atoms with E-state index in [0.717, 1.165) is 16.3 Å². The Hall–Kier alpha value is -2.95. The van der Waals surface area contributed by atoms with E-state index in [2.05, 4.69) is 5.10 Å². The molecule has 0 saturated heterocycles. The van der Waals surface area contributed by atoms with Crippen LogP contribution in [-0.4, -0.2) is 22.4 Å². The highest BCUT2D eigenvalue weighted by Crippen LogP contribution is 2.23. The van der Waals surface area contributed by atoms with Crippen molar-refractivity contribution in [2.75, 3.05) is 6.61 Å². The second kappa shape index (κ2) is 7.30. The van der Waals surface area contributed by atoms with Crippen LogP contribution < -0.4 is 5.56 Å². The number of esters is 1. The summed E-state index contributed by atoms with van der Waals surface area (Å²) in [5.74, 6) is -0.435. The molecule has 2 aromatic carbocycles. The number of carbonyl (C=O) groups is 1. The van der Waals surface area contributed by atoms with Crippen LogP contribution in [0.25, 0.3) is 22.0 Å². The van der Waals surface area contributed by atoms with E-state index in [4.69, 9.17) is 4.74 Å². The summed E-state index contributed by atoms with van der Waals surface area (Å²) in [6.45, 7) is 3.85. The normalized spacial score (nSPS) is 12.1. The molecule has 1 aromatic heterocycles. The molecule has 3 rings (SSSR count). The number of benzene rings is 2. The molecular formula is C20H20N2O3. The molecule has 0 saturated carbocycles. The zero-order valence-electron chi connectivity index (χ0n) is 14.3. The van der Waals surface area contributed by atoms with Gasteiger partial charge in [0, 0.05) is 11.6 Å². The van der Waals surface area contributed by atoms with Crippen molar-refractivity contribution in [1.29, 1.82) is 0 Å². The fourth-order valence-corrected chi connectivity index (χ4v) is 2.83. The molecule has 5 nitrogen and oxygen atoms in total. The second-order valence-corrected chi connectivity index (χ2v) is 5.74. The summed E-state index contributed by atoms with van der Waals surface area (Å²) in [6, 6.07) is 16.5. The van der Waals surface area contributed by atoms with Crippen LogP contribution in [-0.2, 0) is 9.53 Å². The van der Waals surface area contributed by atoms with Crippen molar-refractivity contribution < 1.29 is 9.53 Å². The van der Waals surface area contributed by atoms with Crippen LogP contribution in [0, 0.1) is 0 Å². The van der Waals surface area contributed by atoms with Gasteiger partial charge < -0.3 is 4.74 Å². The Morgan fingerprint density at radius 1 is 1.08 bits per heavy atom. The summed E-state index contributed by atoms with van der Waals surface area (Å²) in [5.41, 5.74) is 1.23. The van der Waals surface area contributed by atoms with Crippen LogP contribution in [0.15, 0.2) is 59.4 Å². The van der Waals surface area contributed by atoms with E-state index in [1.165, 1.54) is 10.7 Å². The summed E-state index contributed by atoms with van der Waals surface area (Å²) in [4.78, 5) is 24.3. The second-order valence-electron chi connectivity index (χ2n) is 5.74. The minimum absolute atomic E-state index is 0.272. The lowest BCUT2D eigenvalue weighted by Crippen LogP contribution is -2.32. The van der Waals surface area contributed by atoms with Crippen LogP contribution in [0.5, 0.6) is 0 Å². The Labute approximate surface area is 145 Å². The Morgan fingerprint density at radius 3 is 2.56 bits per heavy atom. The Morgan fingerprint density at radius 2 is 1.84 bits per heavy atom. The van der Waals surface area contributed by atoms with E-state index in [-0.39, 0.29) is 12.2 Å². The Bertz CT molecular complexity index is 962. The Balaban J connectivity index is 2.05. The zero-order chi connectivity index (χ0) is 17.8. The average Bonchev–Trinajstić information content (AvgIpc) is 2.63. The summed E-state index contributed by atoms with van der Waals surface area (Å²) in [5, 5.41) is 6.66. The van der Waals surface area contributed by atoms with Gasteiger partial charge in [0.2, 0.25) is 0 Å². The van der Waals surface area contributed by atoms with Gasteiger partial charge in [-0.15, -0.1) is 0 Å². The first-order valence-electron chi connectivity index (χ1n) is 8.39. The number of rotatable bonds is 5. The molecule has 3 aromatic rings. The van der Waals surface area contributed by atoms with E-state index in [1.54, 1.807) is 13.0 Å². The van der Waals surface area contributed by atoms with E-state index in [9.17, 15) is 9.59 Å². The van der Waals surface area contributed by atoms with Gasteiger partial charge in [-0.3, -0.25) is 4.79 Å². The minimum atomic E-state index is -0.715. The van der Waals surface area contributed by atoms with Gasteiger partial charge in [0.25, 0.3) is 5.56 Å². The van der Waals surface area contributed by atoms with Gasteiger partial charge in [-0.1, -0.05) is 43.3 Å². The van der Waals surface area contributed by atoms with Gasteiger partial charge in [-0.25, -0.2) is 9.48 Å². The number of hydrogen-bond donors (Lipinski definition) is 0. The van der Waals surface area contributed by atoms with Crippen molar-refractivity contribution >= 4 is 16.7 Å². The number of hydrogen-bond acceptors (Lipinski definition) is 4. The van der Waals surface area contributed by atoms with Crippen molar-refractivity contribution in [3.63, 3.8) is 0 Å². The van der Waals surface area contributed by atoms with E-state index in [0.29, 0.717) is 12.1 Å². The van der Waals surface area contributed by atoms with Gasteiger partial charge >= 0.3 is 5.97 Å². The monoisotopic (exact) mass is 336 g/mol. The summed E-state index contributed by atoms with van der Waals surface area (Å²) in [7, 11) is 0. The van der Waals surface area contributed by atoms with Gasteiger partial charge in [0.15, 0.2) is 6.04 Å². The fraction of sp³-hybridized carbons (Fsp3) is 0.250. The van der Waals surface area contributed by atoms with E-state index >= 15 is 0 Å². The highest BCUT2D eigenvalue weighted by molar-refractivity contribution is 5.86. The Kier molecular flexibility index (Phi) is 4.93. The molecule has 0 unspecified atom stereocenters. The molecule has 0 aliphatic heterocycles. The predicted molar refractivity (Wildman–Crippen MR) is 97.4 cm³/mol. The quantitative estimate of drug-likeness (QED) is 0.668. The van der Waals surface area contributed by atoms with Crippen molar-refractivity contribution in [2.45, 2.75) is 26.3 Å². The number of aromatic nitrogens is 2.